The fourth-order valence-corrected chi connectivity index (χ4v) is 2.55. The summed E-state index contributed by atoms with van der Waals surface area (Å²) in [4.78, 5) is 11.3. The molecule has 0 aliphatic carbocycles. The number of anilines is 1. The quantitative estimate of drug-likeness (QED) is 0.772. The second kappa shape index (κ2) is 5.76. The van der Waals surface area contributed by atoms with Crippen molar-refractivity contribution < 1.29 is 4.74 Å². The second-order valence-electron chi connectivity index (χ2n) is 5.05. The third-order valence-electron chi connectivity index (χ3n) is 3.81. The number of para-hydroxylation sites is 1. The molecule has 0 unspecified atom stereocenters. The Hall–Kier alpha value is -2.41. The highest BCUT2D eigenvalue weighted by Gasteiger charge is 2.15. The predicted octanol–water partition coefficient (Wildman–Crippen LogP) is 1.71. The van der Waals surface area contributed by atoms with E-state index in [1.54, 1.807) is 11.6 Å². The SMILES string of the molecule is CCN(CC)Cc1nc2c3cccc(OC)c3nc(N)n2n1. The van der Waals surface area contributed by atoms with Gasteiger partial charge in [0.2, 0.25) is 5.95 Å². The summed E-state index contributed by atoms with van der Waals surface area (Å²) in [6.45, 7) is 6.84. The summed E-state index contributed by atoms with van der Waals surface area (Å²) in [5.74, 6) is 1.73. The summed E-state index contributed by atoms with van der Waals surface area (Å²) in [7, 11) is 1.62. The minimum atomic E-state index is 0.310. The van der Waals surface area contributed by atoms with Crippen LogP contribution in [-0.4, -0.2) is 44.7 Å². The molecule has 0 atom stereocenters. The summed E-state index contributed by atoms with van der Waals surface area (Å²) in [5, 5.41) is 5.37. The van der Waals surface area contributed by atoms with Gasteiger partial charge in [-0.1, -0.05) is 19.9 Å². The Morgan fingerprint density at radius 2 is 2.00 bits per heavy atom. The van der Waals surface area contributed by atoms with Crippen LogP contribution in [0.3, 0.4) is 0 Å². The standard InChI is InChI=1S/C15H20N6O/c1-4-20(5-2)9-12-17-14-10-7-6-8-11(22-3)13(10)18-15(16)21(14)19-12/h6-8H,4-5,9H2,1-3H3,(H2,16,18). The molecular weight excluding hydrogens is 280 g/mol. The number of nitrogens with two attached hydrogens (primary N) is 1. The average Bonchev–Trinajstić information content (AvgIpc) is 2.97. The smallest absolute Gasteiger partial charge is 0.223 e. The predicted molar refractivity (Wildman–Crippen MR) is 85.9 cm³/mol. The fraction of sp³-hybridized carbons (Fsp3) is 0.400. The van der Waals surface area contributed by atoms with Crippen LogP contribution in [0.2, 0.25) is 0 Å². The van der Waals surface area contributed by atoms with Crippen molar-refractivity contribution >= 4 is 22.5 Å². The zero-order valence-corrected chi connectivity index (χ0v) is 13.1. The molecule has 3 rings (SSSR count). The molecular formula is C15H20N6O. The largest absolute Gasteiger partial charge is 0.494 e. The topological polar surface area (TPSA) is 81.6 Å². The van der Waals surface area contributed by atoms with E-state index in [1.165, 1.54) is 0 Å². The number of hydrogen-bond donors (Lipinski definition) is 1. The molecule has 22 heavy (non-hydrogen) atoms. The maximum absolute atomic E-state index is 6.04. The molecule has 0 saturated heterocycles. The number of fused-ring (bicyclic) bond motifs is 3. The van der Waals surface area contributed by atoms with Gasteiger partial charge in [-0.25, -0.2) is 9.97 Å². The lowest BCUT2D eigenvalue weighted by atomic mass is 10.2. The van der Waals surface area contributed by atoms with E-state index in [0.717, 1.165) is 24.3 Å². The first-order valence-electron chi connectivity index (χ1n) is 7.38. The summed E-state index contributed by atoms with van der Waals surface area (Å²) >= 11 is 0. The Morgan fingerprint density at radius 1 is 1.23 bits per heavy atom. The highest BCUT2D eigenvalue weighted by atomic mass is 16.5. The first kappa shape index (κ1) is 14.5. The van der Waals surface area contributed by atoms with Crippen molar-refractivity contribution in [2.45, 2.75) is 20.4 Å². The van der Waals surface area contributed by atoms with E-state index in [2.05, 4.69) is 33.8 Å². The molecule has 1 aromatic carbocycles. The van der Waals surface area contributed by atoms with Gasteiger partial charge in [0.15, 0.2) is 11.5 Å². The van der Waals surface area contributed by atoms with Gasteiger partial charge < -0.3 is 10.5 Å². The van der Waals surface area contributed by atoms with Gasteiger partial charge in [0.05, 0.1) is 13.7 Å². The van der Waals surface area contributed by atoms with Gasteiger partial charge in [-0.05, 0) is 25.2 Å². The van der Waals surface area contributed by atoms with Crippen LogP contribution in [0.25, 0.3) is 16.6 Å². The van der Waals surface area contributed by atoms with Crippen molar-refractivity contribution in [3.05, 3.63) is 24.0 Å². The van der Waals surface area contributed by atoms with Crippen molar-refractivity contribution in [3.63, 3.8) is 0 Å². The van der Waals surface area contributed by atoms with Gasteiger partial charge in [-0.3, -0.25) is 4.90 Å². The van der Waals surface area contributed by atoms with Gasteiger partial charge in [0.25, 0.3) is 0 Å². The molecule has 3 aromatic rings. The van der Waals surface area contributed by atoms with E-state index in [4.69, 9.17) is 10.5 Å². The van der Waals surface area contributed by atoms with Crippen LogP contribution in [0.15, 0.2) is 18.2 Å². The Bertz CT molecular complexity index is 808. The summed E-state index contributed by atoms with van der Waals surface area (Å²) in [6.07, 6.45) is 0. The number of aromatic nitrogens is 4. The van der Waals surface area contributed by atoms with E-state index >= 15 is 0 Å². The monoisotopic (exact) mass is 300 g/mol. The first-order valence-corrected chi connectivity index (χ1v) is 7.38. The van der Waals surface area contributed by atoms with E-state index < -0.39 is 0 Å². The molecule has 0 radical (unpaired) electrons. The molecule has 0 amide bonds. The molecule has 2 N–H and O–H groups in total. The van der Waals surface area contributed by atoms with Crippen LogP contribution >= 0.6 is 0 Å². The molecule has 0 bridgehead atoms. The number of methoxy groups -OCH3 is 1. The van der Waals surface area contributed by atoms with E-state index in [-0.39, 0.29) is 0 Å². The summed E-state index contributed by atoms with van der Waals surface area (Å²) in [5.41, 5.74) is 7.45. The van der Waals surface area contributed by atoms with Gasteiger partial charge in [-0.2, -0.15) is 4.52 Å². The van der Waals surface area contributed by atoms with Crippen LogP contribution in [-0.2, 0) is 6.54 Å². The van der Waals surface area contributed by atoms with Crippen molar-refractivity contribution in [2.24, 2.45) is 0 Å². The highest BCUT2D eigenvalue weighted by molar-refractivity contribution is 5.95. The molecule has 0 spiro atoms. The fourth-order valence-electron chi connectivity index (χ4n) is 2.55. The zero-order valence-electron chi connectivity index (χ0n) is 13.1. The van der Waals surface area contributed by atoms with Gasteiger partial charge in [0, 0.05) is 5.39 Å². The first-order chi connectivity index (χ1) is 10.7. The molecule has 7 heteroatoms. The maximum atomic E-state index is 6.04. The molecule has 0 aliphatic heterocycles. The highest BCUT2D eigenvalue weighted by Crippen LogP contribution is 2.27. The molecule has 0 saturated carbocycles. The van der Waals surface area contributed by atoms with Crippen LogP contribution in [0, 0.1) is 0 Å². The number of benzene rings is 1. The van der Waals surface area contributed by atoms with Crippen LogP contribution in [0.1, 0.15) is 19.7 Å². The van der Waals surface area contributed by atoms with Crippen LogP contribution in [0.5, 0.6) is 5.75 Å². The van der Waals surface area contributed by atoms with Crippen LogP contribution in [0.4, 0.5) is 5.95 Å². The Kier molecular flexibility index (Phi) is 3.81. The van der Waals surface area contributed by atoms with Gasteiger partial charge in [0.1, 0.15) is 11.3 Å². The van der Waals surface area contributed by atoms with Crippen molar-refractivity contribution in [3.8, 4) is 5.75 Å². The van der Waals surface area contributed by atoms with Gasteiger partial charge >= 0.3 is 0 Å². The van der Waals surface area contributed by atoms with Gasteiger partial charge in [-0.15, -0.1) is 5.10 Å². The molecule has 7 nitrogen and oxygen atoms in total. The summed E-state index contributed by atoms with van der Waals surface area (Å²) < 4.78 is 6.95. The molecule has 0 aliphatic rings. The van der Waals surface area contributed by atoms with E-state index in [0.29, 0.717) is 29.4 Å². The maximum Gasteiger partial charge on any atom is 0.223 e. The molecule has 0 fully saturated rings. The van der Waals surface area contributed by atoms with Crippen molar-refractivity contribution in [1.29, 1.82) is 0 Å². The molecule has 116 valence electrons. The minimum absolute atomic E-state index is 0.310. The van der Waals surface area contributed by atoms with Crippen LogP contribution < -0.4 is 10.5 Å². The summed E-state index contributed by atoms with van der Waals surface area (Å²) in [6, 6.07) is 5.73. The second-order valence-corrected chi connectivity index (χ2v) is 5.05. The number of hydrogen-bond acceptors (Lipinski definition) is 6. The third kappa shape index (κ3) is 2.33. The van der Waals surface area contributed by atoms with E-state index in [1.807, 2.05) is 18.2 Å². The Morgan fingerprint density at radius 3 is 2.68 bits per heavy atom. The number of rotatable bonds is 5. The average molecular weight is 300 g/mol. The number of ether oxygens (including phenoxy) is 1. The normalized spacial score (nSPS) is 11.6. The van der Waals surface area contributed by atoms with Crippen molar-refractivity contribution in [2.75, 3.05) is 25.9 Å². The lowest BCUT2D eigenvalue weighted by molar-refractivity contribution is 0.288. The lowest BCUT2D eigenvalue weighted by Gasteiger charge is -2.14. The van der Waals surface area contributed by atoms with Crippen molar-refractivity contribution in [1.82, 2.24) is 24.5 Å². The third-order valence-corrected chi connectivity index (χ3v) is 3.81. The molecule has 2 heterocycles. The zero-order chi connectivity index (χ0) is 15.7. The minimum Gasteiger partial charge on any atom is -0.494 e. The van der Waals surface area contributed by atoms with E-state index in [9.17, 15) is 0 Å². The number of nitrogens with zero attached hydrogens (tertiary/aromatic N) is 5. The Balaban J connectivity index is 2.18. The lowest BCUT2D eigenvalue weighted by Crippen LogP contribution is -2.22. The Labute approximate surface area is 128 Å². The number of nitrogen functional groups attached to an aromatic ring is 1. The molecule has 2 aromatic heterocycles.